The Kier molecular flexibility index (Phi) is 5.70. The molecule has 1 aromatic heterocycles. The van der Waals surface area contributed by atoms with Crippen molar-refractivity contribution in [1.29, 1.82) is 0 Å². The van der Waals surface area contributed by atoms with Crippen LogP contribution in [0.1, 0.15) is 21.7 Å². The number of halogens is 4. The predicted octanol–water partition coefficient (Wildman–Crippen LogP) is 2.79. The number of carbonyl (C=O) groups is 1. The van der Waals surface area contributed by atoms with E-state index in [0.29, 0.717) is 11.4 Å². The molecule has 0 saturated heterocycles. The Morgan fingerprint density at radius 1 is 1.04 bits per heavy atom. The van der Waals surface area contributed by atoms with Crippen LogP contribution in [-0.2, 0) is 0 Å². The summed E-state index contributed by atoms with van der Waals surface area (Å²) < 4.78 is 59.4. The molecule has 26 heavy (non-hydrogen) atoms. The number of ether oxygens (including phenoxy) is 1. The fourth-order valence-corrected chi connectivity index (χ4v) is 2.25. The zero-order valence-electron chi connectivity index (χ0n) is 13.7. The van der Waals surface area contributed by atoms with Crippen LogP contribution in [0.3, 0.4) is 0 Å². The molecule has 0 aliphatic rings. The summed E-state index contributed by atoms with van der Waals surface area (Å²) in [5.41, 5.74) is -0.276. The van der Waals surface area contributed by atoms with Gasteiger partial charge in [-0.2, -0.15) is 8.78 Å². The van der Waals surface area contributed by atoms with Gasteiger partial charge >= 0.3 is 0 Å². The highest BCUT2D eigenvalue weighted by atomic mass is 32.1. The second kappa shape index (κ2) is 7.60. The number of aryl methyl sites for hydroxylation is 2. The van der Waals surface area contributed by atoms with Gasteiger partial charge in [-0.1, -0.05) is 0 Å². The lowest BCUT2D eigenvalue weighted by Gasteiger charge is -2.12. The number of amides is 1. The number of nitrogens with zero attached hydrogens (tertiary/aromatic N) is 2. The minimum Gasteiger partial charge on any atom is -0.491 e. The summed E-state index contributed by atoms with van der Waals surface area (Å²) in [6.07, 6.45) is 0. The highest BCUT2D eigenvalue weighted by Gasteiger charge is 2.30. The van der Waals surface area contributed by atoms with Gasteiger partial charge in [0.05, 0.1) is 7.11 Å². The SMILES string of the molecule is COc1c(F)c(F)c(C(=O)NC(=S)Nc2nc(C)cc(C)n2)c(F)c1F. The Morgan fingerprint density at radius 2 is 1.54 bits per heavy atom. The topological polar surface area (TPSA) is 76.1 Å². The largest absolute Gasteiger partial charge is 0.491 e. The van der Waals surface area contributed by atoms with E-state index in [4.69, 9.17) is 12.2 Å². The van der Waals surface area contributed by atoms with E-state index in [-0.39, 0.29) is 5.95 Å². The van der Waals surface area contributed by atoms with Gasteiger partial charge in [0.15, 0.2) is 22.5 Å². The van der Waals surface area contributed by atoms with E-state index in [0.717, 1.165) is 7.11 Å². The third kappa shape index (κ3) is 3.87. The number of benzene rings is 1. The number of anilines is 1. The Labute approximate surface area is 150 Å². The van der Waals surface area contributed by atoms with Gasteiger partial charge in [0.1, 0.15) is 5.56 Å². The van der Waals surface area contributed by atoms with E-state index >= 15 is 0 Å². The number of methoxy groups -OCH3 is 1. The van der Waals surface area contributed by atoms with Gasteiger partial charge in [-0.15, -0.1) is 0 Å². The van der Waals surface area contributed by atoms with E-state index in [1.807, 2.05) is 5.32 Å². The van der Waals surface area contributed by atoms with Crippen molar-refractivity contribution >= 4 is 29.2 Å². The molecule has 0 saturated carbocycles. The average Bonchev–Trinajstić information content (AvgIpc) is 2.52. The van der Waals surface area contributed by atoms with Crippen molar-refractivity contribution in [3.8, 4) is 5.75 Å². The van der Waals surface area contributed by atoms with Crippen molar-refractivity contribution in [1.82, 2.24) is 15.3 Å². The molecule has 6 nitrogen and oxygen atoms in total. The summed E-state index contributed by atoms with van der Waals surface area (Å²) in [6.45, 7) is 3.38. The molecule has 0 aliphatic carbocycles. The van der Waals surface area contributed by atoms with E-state index < -0.39 is 45.6 Å². The van der Waals surface area contributed by atoms with Crippen molar-refractivity contribution in [3.05, 3.63) is 46.3 Å². The predicted molar refractivity (Wildman–Crippen MR) is 88.0 cm³/mol. The highest BCUT2D eigenvalue weighted by molar-refractivity contribution is 7.80. The maximum Gasteiger partial charge on any atom is 0.263 e. The number of rotatable bonds is 3. The minimum absolute atomic E-state index is 0.0286. The van der Waals surface area contributed by atoms with Crippen molar-refractivity contribution in [3.63, 3.8) is 0 Å². The standard InChI is InChI=1S/C15H12F4N4O2S/c1-5-4-6(2)21-14(20-5)23-15(26)22-13(24)7-8(16)10(18)12(25-3)11(19)9(7)17/h4H,1-3H3,(H2,20,21,22,23,24,26). The third-order valence-electron chi connectivity index (χ3n) is 3.09. The zero-order valence-corrected chi connectivity index (χ0v) is 14.5. The number of hydrogen-bond acceptors (Lipinski definition) is 5. The summed E-state index contributed by atoms with van der Waals surface area (Å²) in [7, 11) is 0.822. The van der Waals surface area contributed by atoms with Gasteiger partial charge in [0.25, 0.3) is 5.91 Å². The van der Waals surface area contributed by atoms with E-state index in [9.17, 15) is 22.4 Å². The average molecular weight is 388 g/mol. The molecule has 0 unspecified atom stereocenters. The van der Waals surface area contributed by atoms with Crippen LogP contribution in [0.2, 0.25) is 0 Å². The first-order valence-corrected chi connectivity index (χ1v) is 7.41. The Balaban J connectivity index is 2.26. The molecule has 0 fully saturated rings. The van der Waals surface area contributed by atoms with Crippen LogP contribution in [0.15, 0.2) is 6.07 Å². The lowest BCUT2D eigenvalue weighted by Crippen LogP contribution is -2.36. The molecule has 0 radical (unpaired) electrons. The molecule has 138 valence electrons. The minimum atomic E-state index is -1.91. The third-order valence-corrected chi connectivity index (χ3v) is 3.29. The monoisotopic (exact) mass is 388 g/mol. The molecule has 0 aliphatic heterocycles. The van der Waals surface area contributed by atoms with Gasteiger partial charge in [-0.3, -0.25) is 10.1 Å². The lowest BCUT2D eigenvalue weighted by atomic mass is 10.1. The fraction of sp³-hybridized carbons (Fsp3) is 0.200. The van der Waals surface area contributed by atoms with Crippen LogP contribution in [0.5, 0.6) is 5.75 Å². The maximum absolute atomic E-state index is 13.9. The van der Waals surface area contributed by atoms with Crippen molar-refractivity contribution in [2.24, 2.45) is 0 Å². The Morgan fingerprint density at radius 3 is 2.00 bits per heavy atom. The summed E-state index contributed by atoms with van der Waals surface area (Å²) in [4.78, 5) is 20.0. The first-order valence-electron chi connectivity index (χ1n) is 7.00. The summed E-state index contributed by atoms with van der Waals surface area (Å²) >= 11 is 4.82. The molecule has 0 atom stereocenters. The van der Waals surface area contributed by atoms with Gasteiger partial charge in [-0.05, 0) is 32.1 Å². The van der Waals surface area contributed by atoms with E-state index in [2.05, 4.69) is 20.0 Å². The number of hydrogen-bond donors (Lipinski definition) is 2. The molecule has 2 rings (SSSR count). The van der Waals surface area contributed by atoms with Gasteiger partial charge in [-0.25, -0.2) is 18.7 Å². The van der Waals surface area contributed by atoms with Crippen LogP contribution >= 0.6 is 12.2 Å². The highest BCUT2D eigenvalue weighted by Crippen LogP contribution is 2.29. The van der Waals surface area contributed by atoms with Crippen LogP contribution in [0.4, 0.5) is 23.5 Å². The van der Waals surface area contributed by atoms with Crippen LogP contribution in [-0.4, -0.2) is 28.1 Å². The second-order valence-corrected chi connectivity index (χ2v) is 5.45. The van der Waals surface area contributed by atoms with Crippen molar-refractivity contribution in [2.75, 3.05) is 12.4 Å². The quantitative estimate of drug-likeness (QED) is 0.479. The molecule has 0 bridgehead atoms. The number of aromatic nitrogens is 2. The van der Waals surface area contributed by atoms with E-state index in [1.165, 1.54) is 0 Å². The number of thiocarbonyl (C=S) groups is 1. The van der Waals surface area contributed by atoms with Crippen LogP contribution < -0.4 is 15.4 Å². The van der Waals surface area contributed by atoms with E-state index in [1.54, 1.807) is 19.9 Å². The van der Waals surface area contributed by atoms with Gasteiger partial charge in [0.2, 0.25) is 17.6 Å². The summed E-state index contributed by atoms with van der Waals surface area (Å²) in [5, 5.41) is 3.92. The zero-order chi connectivity index (χ0) is 19.6. The number of carbonyl (C=O) groups excluding carboxylic acids is 1. The normalized spacial score (nSPS) is 10.4. The molecule has 2 N–H and O–H groups in total. The number of nitrogens with one attached hydrogen (secondary N) is 2. The fourth-order valence-electron chi connectivity index (χ4n) is 2.07. The Bertz CT molecular complexity index is 858. The maximum atomic E-state index is 13.9. The summed E-state index contributed by atoms with van der Waals surface area (Å²) in [6, 6.07) is 1.68. The molecule has 11 heteroatoms. The molecule has 1 heterocycles. The summed E-state index contributed by atoms with van der Waals surface area (Å²) in [5.74, 6) is -10.3. The van der Waals surface area contributed by atoms with Crippen LogP contribution in [0.25, 0.3) is 0 Å². The van der Waals surface area contributed by atoms with Crippen molar-refractivity contribution in [2.45, 2.75) is 13.8 Å². The lowest BCUT2D eigenvalue weighted by molar-refractivity contribution is 0.0966. The Hall–Kier alpha value is -2.82. The molecule has 2 aromatic rings. The van der Waals surface area contributed by atoms with Gasteiger partial charge in [0, 0.05) is 11.4 Å². The smallest absolute Gasteiger partial charge is 0.263 e. The molecular formula is C15H12F4N4O2S. The second-order valence-electron chi connectivity index (χ2n) is 5.05. The molecular weight excluding hydrogens is 376 g/mol. The van der Waals surface area contributed by atoms with Crippen LogP contribution in [0, 0.1) is 37.1 Å². The molecule has 1 amide bonds. The first-order chi connectivity index (χ1) is 12.1. The molecule has 0 spiro atoms. The van der Waals surface area contributed by atoms with Gasteiger partial charge < -0.3 is 10.1 Å². The first kappa shape index (κ1) is 19.5. The van der Waals surface area contributed by atoms with Crippen molar-refractivity contribution < 1.29 is 27.1 Å². The molecule has 1 aromatic carbocycles.